The monoisotopic (exact) mass is 354 g/mol. The number of hydrogen-bond acceptors (Lipinski definition) is 1. The van der Waals surface area contributed by atoms with Crippen molar-refractivity contribution in [1.29, 1.82) is 0 Å². The Morgan fingerprint density at radius 1 is 1.46 bits per heavy atom. The number of rotatable bonds is 4. The van der Waals surface area contributed by atoms with E-state index in [0.717, 1.165) is 26.8 Å². The Kier molecular flexibility index (Phi) is 5.09. The van der Waals surface area contributed by atoms with E-state index in [1.165, 1.54) is 6.42 Å². The highest BCUT2D eigenvalue weighted by Gasteiger charge is 2.00. The fourth-order valence-corrected chi connectivity index (χ4v) is 2.38. The smallest absolute Gasteiger partial charge is 0.132 e. The SMILES string of the molecule is CCCCOc1ccc(Br)cc1I. The number of unbranched alkanes of at least 4 members (excludes halogenated alkanes) is 1. The maximum absolute atomic E-state index is 5.60. The molecule has 1 aromatic rings. The molecule has 0 aliphatic heterocycles. The first kappa shape index (κ1) is 11.3. The molecule has 72 valence electrons. The van der Waals surface area contributed by atoms with Crippen molar-refractivity contribution in [3.63, 3.8) is 0 Å². The number of halogens is 2. The molecule has 0 unspecified atom stereocenters. The van der Waals surface area contributed by atoms with Crippen LogP contribution in [0.15, 0.2) is 22.7 Å². The van der Waals surface area contributed by atoms with Gasteiger partial charge in [-0.15, -0.1) is 0 Å². The fraction of sp³-hybridized carbons (Fsp3) is 0.400. The van der Waals surface area contributed by atoms with Crippen molar-refractivity contribution < 1.29 is 4.74 Å². The molecular formula is C10H12BrIO. The molecule has 0 atom stereocenters. The number of hydrogen-bond donors (Lipinski definition) is 0. The topological polar surface area (TPSA) is 9.23 Å². The summed E-state index contributed by atoms with van der Waals surface area (Å²) in [6, 6.07) is 6.06. The van der Waals surface area contributed by atoms with Crippen LogP contribution in [0.25, 0.3) is 0 Å². The normalized spacial score (nSPS) is 10.1. The summed E-state index contributed by atoms with van der Waals surface area (Å²) in [5, 5.41) is 0. The van der Waals surface area contributed by atoms with Crippen LogP contribution in [0.2, 0.25) is 0 Å². The summed E-state index contributed by atoms with van der Waals surface area (Å²) < 4.78 is 7.86. The van der Waals surface area contributed by atoms with E-state index in [2.05, 4.69) is 51.5 Å². The Morgan fingerprint density at radius 2 is 2.23 bits per heavy atom. The lowest BCUT2D eigenvalue weighted by Crippen LogP contribution is -1.97. The first-order valence-corrected chi connectivity index (χ1v) is 6.19. The second-order valence-corrected chi connectivity index (χ2v) is 4.85. The molecule has 3 heteroatoms. The summed E-state index contributed by atoms with van der Waals surface area (Å²) >= 11 is 5.70. The van der Waals surface area contributed by atoms with E-state index in [4.69, 9.17) is 4.74 Å². The molecule has 0 heterocycles. The molecule has 0 amide bonds. The predicted molar refractivity (Wildman–Crippen MR) is 67.3 cm³/mol. The first-order chi connectivity index (χ1) is 6.24. The highest BCUT2D eigenvalue weighted by Crippen LogP contribution is 2.24. The predicted octanol–water partition coefficient (Wildman–Crippen LogP) is 4.23. The minimum atomic E-state index is 0.814. The second-order valence-electron chi connectivity index (χ2n) is 2.78. The lowest BCUT2D eigenvalue weighted by atomic mass is 10.3. The molecular weight excluding hydrogens is 343 g/mol. The Hall–Kier alpha value is 0.230. The average Bonchev–Trinajstić information content (AvgIpc) is 2.09. The summed E-state index contributed by atoms with van der Waals surface area (Å²) in [6.07, 6.45) is 2.29. The second kappa shape index (κ2) is 5.86. The van der Waals surface area contributed by atoms with E-state index in [1.807, 2.05) is 12.1 Å². The van der Waals surface area contributed by atoms with Crippen molar-refractivity contribution >= 4 is 38.5 Å². The third kappa shape index (κ3) is 3.85. The van der Waals surface area contributed by atoms with Gasteiger partial charge in [-0.3, -0.25) is 0 Å². The molecule has 0 aliphatic carbocycles. The van der Waals surface area contributed by atoms with Gasteiger partial charge in [0, 0.05) is 4.47 Å². The molecule has 0 aliphatic rings. The molecule has 0 fully saturated rings. The van der Waals surface area contributed by atoms with Gasteiger partial charge in [0.2, 0.25) is 0 Å². The van der Waals surface area contributed by atoms with Gasteiger partial charge in [-0.1, -0.05) is 29.3 Å². The van der Waals surface area contributed by atoms with E-state index in [9.17, 15) is 0 Å². The average molecular weight is 355 g/mol. The van der Waals surface area contributed by atoms with Crippen LogP contribution in [0.1, 0.15) is 19.8 Å². The first-order valence-electron chi connectivity index (χ1n) is 4.32. The van der Waals surface area contributed by atoms with Gasteiger partial charge in [-0.2, -0.15) is 0 Å². The van der Waals surface area contributed by atoms with Crippen LogP contribution < -0.4 is 4.74 Å². The zero-order chi connectivity index (χ0) is 9.68. The van der Waals surface area contributed by atoms with Crippen LogP contribution >= 0.6 is 38.5 Å². The molecule has 0 saturated heterocycles. The van der Waals surface area contributed by atoms with E-state index in [1.54, 1.807) is 0 Å². The summed E-state index contributed by atoms with van der Waals surface area (Å²) in [5.41, 5.74) is 0. The molecule has 0 radical (unpaired) electrons. The van der Waals surface area contributed by atoms with Crippen molar-refractivity contribution in [2.24, 2.45) is 0 Å². The highest BCUT2D eigenvalue weighted by molar-refractivity contribution is 14.1. The molecule has 0 aromatic heterocycles. The van der Waals surface area contributed by atoms with Gasteiger partial charge in [0.1, 0.15) is 5.75 Å². The van der Waals surface area contributed by atoms with Crippen LogP contribution in [0.5, 0.6) is 5.75 Å². The molecule has 1 rings (SSSR count). The zero-order valence-corrected chi connectivity index (χ0v) is 11.3. The zero-order valence-electron chi connectivity index (χ0n) is 7.52. The number of benzene rings is 1. The fourth-order valence-electron chi connectivity index (χ4n) is 0.919. The Bertz CT molecular complexity index is 276. The summed E-state index contributed by atoms with van der Waals surface area (Å²) in [6.45, 7) is 2.98. The molecule has 0 spiro atoms. The van der Waals surface area contributed by atoms with Crippen LogP contribution in [-0.4, -0.2) is 6.61 Å². The van der Waals surface area contributed by atoms with Gasteiger partial charge >= 0.3 is 0 Å². The summed E-state index contributed by atoms with van der Waals surface area (Å²) in [7, 11) is 0. The van der Waals surface area contributed by atoms with Crippen LogP contribution in [0.3, 0.4) is 0 Å². The van der Waals surface area contributed by atoms with Gasteiger partial charge in [0.15, 0.2) is 0 Å². The molecule has 1 nitrogen and oxygen atoms in total. The van der Waals surface area contributed by atoms with Gasteiger partial charge < -0.3 is 4.74 Å². The van der Waals surface area contributed by atoms with E-state index >= 15 is 0 Å². The van der Waals surface area contributed by atoms with Gasteiger partial charge in [0.05, 0.1) is 10.2 Å². The van der Waals surface area contributed by atoms with Crippen LogP contribution in [0.4, 0.5) is 0 Å². The number of ether oxygens (including phenoxy) is 1. The summed E-state index contributed by atoms with van der Waals surface area (Å²) in [5.74, 6) is 0.984. The van der Waals surface area contributed by atoms with Crippen molar-refractivity contribution in [1.82, 2.24) is 0 Å². The van der Waals surface area contributed by atoms with Gasteiger partial charge in [0.25, 0.3) is 0 Å². The van der Waals surface area contributed by atoms with Crippen molar-refractivity contribution in [3.8, 4) is 5.75 Å². The van der Waals surface area contributed by atoms with Crippen LogP contribution in [-0.2, 0) is 0 Å². The molecule has 13 heavy (non-hydrogen) atoms. The van der Waals surface area contributed by atoms with Crippen molar-refractivity contribution in [3.05, 3.63) is 26.2 Å². The lowest BCUT2D eigenvalue weighted by Gasteiger charge is -2.07. The quantitative estimate of drug-likeness (QED) is 0.580. The minimum absolute atomic E-state index is 0.814. The standard InChI is InChI=1S/C10H12BrIO/c1-2-3-6-13-10-5-4-8(11)7-9(10)12/h4-5,7H,2-3,6H2,1H3. The van der Waals surface area contributed by atoms with Crippen molar-refractivity contribution in [2.45, 2.75) is 19.8 Å². The molecule has 1 aromatic carbocycles. The third-order valence-electron chi connectivity index (χ3n) is 1.65. The van der Waals surface area contributed by atoms with Gasteiger partial charge in [-0.05, 0) is 47.2 Å². The molecule has 0 saturated carbocycles. The summed E-state index contributed by atoms with van der Waals surface area (Å²) in [4.78, 5) is 0. The Morgan fingerprint density at radius 3 is 2.85 bits per heavy atom. The van der Waals surface area contributed by atoms with E-state index in [0.29, 0.717) is 0 Å². The lowest BCUT2D eigenvalue weighted by molar-refractivity contribution is 0.307. The largest absolute Gasteiger partial charge is 0.492 e. The maximum Gasteiger partial charge on any atom is 0.132 e. The molecule has 0 N–H and O–H groups in total. The van der Waals surface area contributed by atoms with E-state index in [-0.39, 0.29) is 0 Å². The molecule has 0 bridgehead atoms. The third-order valence-corrected chi connectivity index (χ3v) is 2.99. The Labute approximate surface area is 101 Å². The minimum Gasteiger partial charge on any atom is -0.492 e. The Balaban J connectivity index is 2.56. The van der Waals surface area contributed by atoms with E-state index < -0.39 is 0 Å². The maximum atomic E-state index is 5.60. The van der Waals surface area contributed by atoms with Crippen LogP contribution in [0, 0.1) is 3.57 Å². The highest BCUT2D eigenvalue weighted by atomic mass is 127. The van der Waals surface area contributed by atoms with Crippen molar-refractivity contribution in [2.75, 3.05) is 6.61 Å². The van der Waals surface area contributed by atoms with Gasteiger partial charge in [-0.25, -0.2) is 0 Å².